The zero-order chi connectivity index (χ0) is 10.1. The highest BCUT2D eigenvalue weighted by molar-refractivity contribution is 5.38. The van der Waals surface area contributed by atoms with Gasteiger partial charge in [0.2, 0.25) is 0 Å². The van der Waals surface area contributed by atoms with Crippen molar-refractivity contribution >= 4 is 5.69 Å². The molecule has 1 aromatic heterocycles. The summed E-state index contributed by atoms with van der Waals surface area (Å²) in [4.78, 5) is 4.01. The van der Waals surface area contributed by atoms with Gasteiger partial charge in [-0.3, -0.25) is 4.98 Å². The molecule has 3 nitrogen and oxygen atoms in total. The van der Waals surface area contributed by atoms with Crippen molar-refractivity contribution in [3.05, 3.63) is 24.0 Å². The number of anilines is 1. The van der Waals surface area contributed by atoms with Crippen LogP contribution in [0.5, 0.6) is 0 Å². The van der Waals surface area contributed by atoms with E-state index >= 15 is 0 Å². The summed E-state index contributed by atoms with van der Waals surface area (Å²) >= 11 is 0. The number of nitrogen functional groups attached to an aromatic ring is 1. The van der Waals surface area contributed by atoms with E-state index in [1.54, 1.807) is 12.4 Å². The van der Waals surface area contributed by atoms with Crippen LogP contribution in [-0.2, 0) is 0 Å². The Morgan fingerprint density at radius 3 is 2.38 bits per heavy atom. The van der Waals surface area contributed by atoms with E-state index < -0.39 is 0 Å². The first-order valence-electron chi connectivity index (χ1n) is 4.37. The second kappa shape index (κ2) is 3.34. The fourth-order valence-corrected chi connectivity index (χ4v) is 1.15. The minimum atomic E-state index is -0.0245. The molecule has 0 unspecified atom stereocenters. The van der Waals surface area contributed by atoms with Crippen molar-refractivity contribution in [3.8, 4) is 0 Å². The normalized spacial score (nSPS) is 14.2. The maximum absolute atomic E-state index is 6.05. The standard InChI is InChI=1S/C10H17N3/c1-10(2,3)9(12)7-4-8(11)6-13-5-7/h4-6,9H,11-12H2,1-3H3/t9-/m1/s1. The molecule has 72 valence electrons. The molecule has 0 aliphatic heterocycles. The van der Waals surface area contributed by atoms with Crippen LogP contribution in [0.25, 0.3) is 0 Å². The molecule has 0 amide bonds. The lowest BCUT2D eigenvalue weighted by Crippen LogP contribution is -2.26. The topological polar surface area (TPSA) is 64.9 Å². The van der Waals surface area contributed by atoms with Crippen molar-refractivity contribution < 1.29 is 0 Å². The molecule has 0 aromatic carbocycles. The van der Waals surface area contributed by atoms with Crippen LogP contribution in [0.4, 0.5) is 5.69 Å². The molecule has 0 aliphatic rings. The van der Waals surface area contributed by atoms with Gasteiger partial charge in [-0.25, -0.2) is 0 Å². The lowest BCUT2D eigenvalue weighted by Gasteiger charge is -2.27. The summed E-state index contributed by atoms with van der Waals surface area (Å²) in [6.45, 7) is 6.29. The summed E-state index contributed by atoms with van der Waals surface area (Å²) in [5, 5.41) is 0. The van der Waals surface area contributed by atoms with Gasteiger partial charge in [0, 0.05) is 18.4 Å². The summed E-state index contributed by atoms with van der Waals surface area (Å²) in [6, 6.07) is 1.85. The highest BCUT2D eigenvalue weighted by Gasteiger charge is 2.22. The van der Waals surface area contributed by atoms with E-state index in [1.807, 2.05) is 6.07 Å². The van der Waals surface area contributed by atoms with Crippen LogP contribution in [0.1, 0.15) is 32.4 Å². The quantitative estimate of drug-likeness (QED) is 0.689. The fraction of sp³-hybridized carbons (Fsp3) is 0.500. The largest absolute Gasteiger partial charge is 0.397 e. The van der Waals surface area contributed by atoms with Crippen molar-refractivity contribution in [1.82, 2.24) is 4.98 Å². The Balaban J connectivity index is 2.96. The number of hydrogen-bond donors (Lipinski definition) is 2. The molecule has 1 aromatic rings. The smallest absolute Gasteiger partial charge is 0.0503 e. The minimum absolute atomic E-state index is 0.0245. The number of nitrogens with zero attached hydrogens (tertiary/aromatic N) is 1. The van der Waals surface area contributed by atoms with Crippen LogP contribution in [0.3, 0.4) is 0 Å². The van der Waals surface area contributed by atoms with Crippen molar-refractivity contribution in [2.45, 2.75) is 26.8 Å². The summed E-state index contributed by atoms with van der Waals surface area (Å²) in [5.41, 5.74) is 13.4. The number of nitrogens with two attached hydrogens (primary N) is 2. The van der Waals surface area contributed by atoms with Gasteiger partial charge < -0.3 is 11.5 Å². The number of pyridine rings is 1. The van der Waals surface area contributed by atoms with Crippen LogP contribution in [-0.4, -0.2) is 4.98 Å². The molecule has 1 rings (SSSR count). The van der Waals surface area contributed by atoms with E-state index in [9.17, 15) is 0 Å². The first kappa shape index (κ1) is 9.99. The van der Waals surface area contributed by atoms with Gasteiger partial charge in [0.15, 0.2) is 0 Å². The Labute approximate surface area is 79.2 Å². The van der Waals surface area contributed by atoms with Crippen LogP contribution in [0, 0.1) is 5.41 Å². The third kappa shape index (κ3) is 2.42. The average Bonchev–Trinajstić information content (AvgIpc) is 2.01. The zero-order valence-corrected chi connectivity index (χ0v) is 8.41. The van der Waals surface area contributed by atoms with Gasteiger partial charge in [0.05, 0.1) is 5.69 Å². The maximum Gasteiger partial charge on any atom is 0.0503 e. The molecule has 4 N–H and O–H groups in total. The zero-order valence-electron chi connectivity index (χ0n) is 8.41. The predicted octanol–water partition coefficient (Wildman–Crippen LogP) is 1.71. The van der Waals surface area contributed by atoms with Gasteiger partial charge in [-0.2, -0.15) is 0 Å². The molecule has 1 atom stereocenters. The van der Waals surface area contributed by atoms with E-state index in [2.05, 4.69) is 25.8 Å². The molecular weight excluding hydrogens is 162 g/mol. The van der Waals surface area contributed by atoms with Gasteiger partial charge in [0.1, 0.15) is 0 Å². The van der Waals surface area contributed by atoms with Crippen molar-refractivity contribution in [2.24, 2.45) is 11.1 Å². The van der Waals surface area contributed by atoms with Gasteiger partial charge >= 0.3 is 0 Å². The van der Waals surface area contributed by atoms with E-state index in [0.717, 1.165) is 5.56 Å². The van der Waals surface area contributed by atoms with Crippen molar-refractivity contribution in [3.63, 3.8) is 0 Å². The lowest BCUT2D eigenvalue weighted by atomic mass is 9.83. The Hall–Kier alpha value is -1.09. The molecule has 0 spiro atoms. The van der Waals surface area contributed by atoms with E-state index in [4.69, 9.17) is 11.5 Å². The Kier molecular flexibility index (Phi) is 2.57. The first-order chi connectivity index (χ1) is 5.91. The van der Waals surface area contributed by atoms with E-state index in [1.165, 1.54) is 0 Å². The van der Waals surface area contributed by atoms with Crippen molar-refractivity contribution in [2.75, 3.05) is 5.73 Å². The van der Waals surface area contributed by atoms with Gasteiger partial charge in [-0.1, -0.05) is 20.8 Å². The third-order valence-electron chi connectivity index (χ3n) is 2.07. The molecule has 0 saturated heterocycles. The van der Waals surface area contributed by atoms with Crippen LogP contribution < -0.4 is 11.5 Å². The summed E-state index contributed by atoms with van der Waals surface area (Å²) in [6.07, 6.45) is 3.39. The third-order valence-corrected chi connectivity index (χ3v) is 2.07. The second-order valence-corrected chi connectivity index (χ2v) is 4.40. The van der Waals surface area contributed by atoms with E-state index in [-0.39, 0.29) is 11.5 Å². The Bertz CT molecular complexity index is 288. The predicted molar refractivity (Wildman–Crippen MR) is 55.0 cm³/mol. The minimum Gasteiger partial charge on any atom is -0.397 e. The molecule has 1 heterocycles. The number of hydrogen-bond acceptors (Lipinski definition) is 3. The highest BCUT2D eigenvalue weighted by Crippen LogP contribution is 2.30. The van der Waals surface area contributed by atoms with Gasteiger partial charge in [0.25, 0.3) is 0 Å². The van der Waals surface area contributed by atoms with Crippen molar-refractivity contribution in [1.29, 1.82) is 0 Å². The van der Waals surface area contributed by atoms with Gasteiger partial charge in [-0.05, 0) is 17.0 Å². The van der Waals surface area contributed by atoms with Crippen LogP contribution in [0.2, 0.25) is 0 Å². The lowest BCUT2D eigenvalue weighted by molar-refractivity contribution is 0.326. The highest BCUT2D eigenvalue weighted by atomic mass is 14.7. The summed E-state index contributed by atoms with van der Waals surface area (Å²) < 4.78 is 0. The fourth-order valence-electron chi connectivity index (χ4n) is 1.15. The molecule has 0 aliphatic carbocycles. The Morgan fingerprint density at radius 1 is 1.31 bits per heavy atom. The molecule has 0 saturated carbocycles. The van der Waals surface area contributed by atoms with Crippen LogP contribution in [0.15, 0.2) is 18.5 Å². The molecule has 0 fully saturated rings. The average molecular weight is 179 g/mol. The summed E-state index contributed by atoms with van der Waals surface area (Å²) in [7, 11) is 0. The number of rotatable bonds is 1. The monoisotopic (exact) mass is 179 g/mol. The maximum atomic E-state index is 6.05. The SMILES string of the molecule is CC(C)(C)[C@H](N)c1cncc(N)c1. The molecule has 0 radical (unpaired) electrons. The molecule has 3 heteroatoms. The number of aromatic nitrogens is 1. The first-order valence-corrected chi connectivity index (χ1v) is 4.37. The van der Waals surface area contributed by atoms with Crippen LogP contribution >= 0.6 is 0 Å². The molecular formula is C10H17N3. The molecule has 0 bridgehead atoms. The Morgan fingerprint density at radius 2 is 1.92 bits per heavy atom. The van der Waals surface area contributed by atoms with E-state index in [0.29, 0.717) is 5.69 Å². The van der Waals surface area contributed by atoms with Gasteiger partial charge in [-0.15, -0.1) is 0 Å². The second-order valence-electron chi connectivity index (χ2n) is 4.40. The molecule has 13 heavy (non-hydrogen) atoms. The summed E-state index contributed by atoms with van der Waals surface area (Å²) in [5.74, 6) is 0.